The predicted octanol–water partition coefficient (Wildman–Crippen LogP) is -0.00670. The topological polar surface area (TPSA) is 41.5 Å². The summed E-state index contributed by atoms with van der Waals surface area (Å²) in [7, 11) is 0. The van der Waals surface area contributed by atoms with Crippen LogP contribution in [0.15, 0.2) is 0 Å². The molecule has 1 unspecified atom stereocenters. The zero-order valence-corrected chi connectivity index (χ0v) is 7.26. The maximum Gasteiger partial charge on any atom is 0.0901 e. The first-order valence-corrected chi connectivity index (χ1v) is 4.12. The van der Waals surface area contributed by atoms with Gasteiger partial charge in [-0.15, -0.1) is 0 Å². The first-order chi connectivity index (χ1) is 5.16. The van der Waals surface area contributed by atoms with Crippen LogP contribution in [0.3, 0.4) is 0 Å². The van der Waals surface area contributed by atoms with Crippen LogP contribution in [0.5, 0.6) is 0 Å². The molecule has 0 spiro atoms. The third kappa shape index (κ3) is 2.43. The van der Waals surface area contributed by atoms with Crippen molar-refractivity contribution in [2.75, 3.05) is 26.3 Å². The highest BCUT2D eigenvalue weighted by Gasteiger charge is 2.32. The van der Waals surface area contributed by atoms with Gasteiger partial charge in [-0.1, -0.05) is 6.92 Å². The number of aliphatic hydroxyl groups excluding tert-OH is 1. The van der Waals surface area contributed by atoms with Crippen molar-refractivity contribution in [1.29, 1.82) is 0 Å². The van der Waals surface area contributed by atoms with Crippen LogP contribution < -0.4 is 5.32 Å². The number of aliphatic hydroxyl groups is 1. The number of rotatable bonds is 4. The third-order valence-corrected chi connectivity index (χ3v) is 2.03. The van der Waals surface area contributed by atoms with E-state index in [1.165, 1.54) is 0 Å². The Morgan fingerprint density at radius 3 is 2.64 bits per heavy atom. The van der Waals surface area contributed by atoms with E-state index in [1.54, 1.807) is 0 Å². The maximum atomic E-state index is 8.73. The highest BCUT2D eigenvalue weighted by Crippen LogP contribution is 2.16. The minimum atomic E-state index is 0.0312. The van der Waals surface area contributed by atoms with Gasteiger partial charge in [0, 0.05) is 25.6 Å². The van der Waals surface area contributed by atoms with Crippen molar-refractivity contribution in [2.45, 2.75) is 19.4 Å². The van der Waals surface area contributed by atoms with E-state index in [9.17, 15) is 0 Å². The highest BCUT2D eigenvalue weighted by atomic mass is 16.5. The van der Waals surface area contributed by atoms with Gasteiger partial charge in [0.15, 0.2) is 0 Å². The average Bonchev–Trinajstić information content (AvgIpc) is 1.96. The summed E-state index contributed by atoms with van der Waals surface area (Å²) in [5, 5.41) is 11.9. The summed E-state index contributed by atoms with van der Waals surface area (Å²) in [5.41, 5.74) is 0.0312. The van der Waals surface area contributed by atoms with E-state index < -0.39 is 0 Å². The molecule has 1 fully saturated rings. The quantitative estimate of drug-likeness (QED) is 0.606. The van der Waals surface area contributed by atoms with E-state index in [-0.39, 0.29) is 18.1 Å². The van der Waals surface area contributed by atoms with Gasteiger partial charge >= 0.3 is 0 Å². The van der Waals surface area contributed by atoms with E-state index >= 15 is 0 Å². The molecular weight excluding hydrogens is 142 g/mol. The van der Waals surface area contributed by atoms with Gasteiger partial charge in [-0.05, 0) is 6.92 Å². The maximum absolute atomic E-state index is 8.73. The first-order valence-electron chi connectivity index (χ1n) is 4.12. The minimum Gasteiger partial charge on any atom is -0.396 e. The lowest BCUT2D eigenvalue weighted by atomic mass is 10.00. The van der Waals surface area contributed by atoms with Gasteiger partial charge in [0.05, 0.1) is 12.2 Å². The van der Waals surface area contributed by atoms with Crippen LogP contribution in [0.1, 0.15) is 13.8 Å². The van der Waals surface area contributed by atoms with Gasteiger partial charge in [0.1, 0.15) is 0 Å². The van der Waals surface area contributed by atoms with Crippen LogP contribution in [0.2, 0.25) is 0 Å². The number of ether oxygens (including phenoxy) is 1. The van der Waals surface area contributed by atoms with Crippen LogP contribution in [-0.4, -0.2) is 37.0 Å². The van der Waals surface area contributed by atoms with E-state index in [4.69, 9.17) is 9.84 Å². The molecule has 1 aliphatic heterocycles. The molecule has 0 aromatic rings. The van der Waals surface area contributed by atoms with E-state index in [2.05, 4.69) is 12.2 Å². The molecule has 2 N–H and O–H groups in total. The largest absolute Gasteiger partial charge is 0.396 e. The van der Waals surface area contributed by atoms with Crippen LogP contribution in [0.4, 0.5) is 0 Å². The fourth-order valence-electron chi connectivity index (χ4n) is 0.975. The van der Waals surface area contributed by atoms with Gasteiger partial charge in [-0.3, -0.25) is 0 Å². The van der Waals surface area contributed by atoms with Gasteiger partial charge < -0.3 is 15.2 Å². The molecular formula is C8H17NO2. The summed E-state index contributed by atoms with van der Waals surface area (Å²) in [4.78, 5) is 0. The fourth-order valence-corrected chi connectivity index (χ4v) is 0.975. The lowest BCUT2D eigenvalue weighted by Gasteiger charge is -2.39. The summed E-state index contributed by atoms with van der Waals surface area (Å²) >= 11 is 0. The first kappa shape index (κ1) is 8.97. The Labute approximate surface area is 67.7 Å². The second-order valence-electron chi connectivity index (χ2n) is 3.65. The van der Waals surface area contributed by atoms with Gasteiger partial charge in [0.2, 0.25) is 0 Å². The zero-order valence-electron chi connectivity index (χ0n) is 7.26. The number of hydrogen-bond acceptors (Lipinski definition) is 3. The van der Waals surface area contributed by atoms with Crippen LogP contribution in [0, 0.1) is 5.92 Å². The van der Waals surface area contributed by atoms with Gasteiger partial charge in [0.25, 0.3) is 0 Å². The Balaban J connectivity index is 2.11. The molecule has 0 saturated carbocycles. The molecule has 3 heteroatoms. The molecule has 0 radical (unpaired) electrons. The highest BCUT2D eigenvalue weighted by molar-refractivity contribution is 4.90. The normalized spacial score (nSPS) is 24.3. The lowest BCUT2D eigenvalue weighted by Crippen LogP contribution is -2.59. The van der Waals surface area contributed by atoms with Gasteiger partial charge in [-0.2, -0.15) is 0 Å². The second kappa shape index (κ2) is 3.52. The summed E-state index contributed by atoms with van der Waals surface area (Å²) in [6.07, 6.45) is 0. The van der Waals surface area contributed by atoms with Crippen LogP contribution >= 0.6 is 0 Å². The molecule has 0 bridgehead atoms. The Kier molecular flexibility index (Phi) is 2.87. The monoisotopic (exact) mass is 159 g/mol. The summed E-state index contributed by atoms with van der Waals surface area (Å²) < 4.78 is 5.60. The molecule has 3 nitrogen and oxygen atoms in total. The number of hydrogen-bond donors (Lipinski definition) is 2. The molecule has 0 aromatic heterocycles. The van der Waals surface area contributed by atoms with Crippen molar-refractivity contribution >= 4 is 0 Å². The van der Waals surface area contributed by atoms with Crippen molar-refractivity contribution in [1.82, 2.24) is 5.32 Å². The zero-order chi connectivity index (χ0) is 8.32. The molecule has 1 heterocycles. The molecule has 1 saturated heterocycles. The lowest BCUT2D eigenvalue weighted by molar-refractivity contribution is -0.0825. The molecule has 0 aromatic carbocycles. The second-order valence-corrected chi connectivity index (χ2v) is 3.65. The summed E-state index contributed by atoms with van der Waals surface area (Å²) in [6, 6.07) is 0. The van der Waals surface area contributed by atoms with Crippen LogP contribution in [-0.2, 0) is 4.74 Å². The Bertz CT molecular complexity index is 123. The Hall–Kier alpha value is -0.120. The Morgan fingerprint density at radius 1 is 1.64 bits per heavy atom. The minimum absolute atomic E-state index is 0.0312. The van der Waals surface area contributed by atoms with Crippen molar-refractivity contribution in [3.8, 4) is 0 Å². The Morgan fingerprint density at radius 2 is 2.27 bits per heavy atom. The summed E-state index contributed by atoms with van der Waals surface area (Å²) in [6.45, 7) is 6.82. The SMILES string of the molecule is CC(CO)COC1(C)CNC1. The van der Waals surface area contributed by atoms with Crippen molar-refractivity contribution in [3.05, 3.63) is 0 Å². The standard InChI is InChI=1S/C8H17NO2/c1-7(3-10)4-11-8(2)5-9-6-8/h7,9-10H,3-6H2,1-2H3. The van der Waals surface area contributed by atoms with E-state index in [1.807, 2.05) is 6.92 Å². The third-order valence-electron chi connectivity index (χ3n) is 2.03. The fraction of sp³-hybridized carbons (Fsp3) is 1.00. The molecule has 1 rings (SSSR count). The predicted molar refractivity (Wildman–Crippen MR) is 43.5 cm³/mol. The molecule has 1 atom stereocenters. The number of nitrogens with one attached hydrogen (secondary N) is 1. The average molecular weight is 159 g/mol. The van der Waals surface area contributed by atoms with E-state index in [0.29, 0.717) is 6.61 Å². The molecule has 11 heavy (non-hydrogen) atoms. The van der Waals surface area contributed by atoms with Crippen LogP contribution in [0.25, 0.3) is 0 Å². The van der Waals surface area contributed by atoms with Crippen molar-refractivity contribution in [3.63, 3.8) is 0 Å². The molecule has 1 aliphatic rings. The molecule has 0 aliphatic carbocycles. The van der Waals surface area contributed by atoms with Gasteiger partial charge in [-0.25, -0.2) is 0 Å². The molecule has 66 valence electrons. The summed E-state index contributed by atoms with van der Waals surface area (Å²) in [5.74, 6) is 0.257. The van der Waals surface area contributed by atoms with E-state index in [0.717, 1.165) is 13.1 Å². The van der Waals surface area contributed by atoms with Crippen molar-refractivity contribution in [2.24, 2.45) is 5.92 Å². The smallest absolute Gasteiger partial charge is 0.0901 e. The molecule has 0 amide bonds. The van der Waals surface area contributed by atoms with Crippen molar-refractivity contribution < 1.29 is 9.84 Å².